The predicted octanol–water partition coefficient (Wildman–Crippen LogP) is 7.01. The van der Waals surface area contributed by atoms with Gasteiger partial charge in [-0.05, 0) is 79.8 Å². The topological polar surface area (TPSA) is 138 Å². The van der Waals surface area contributed by atoms with Gasteiger partial charge in [0, 0.05) is 28.9 Å². The second-order valence-corrected chi connectivity index (χ2v) is 11.2. The molecule has 1 heterocycles. The molecule has 1 N–H and O–H groups in total. The summed E-state index contributed by atoms with van der Waals surface area (Å²) in [5, 5.41) is 19.3. The summed E-state index contributed by atoms with van der Waals surface area (Å²) < 4.78 is 12.9. The van der Waals surface area contributed by atoms with Crippen molar-refractivity contribution in [3.05, 3.63) is 122 Å². The van der Waals surface area contributed by atoms with E-state index in [1.807, 2.05) is 51.1 Å². The molecule has 47 heavy (non-hydrogen) atoms. The van der Waals surface area contributed by atoms with E-state index in [-0.39, 0.29) is 35.3 Å². The summed E-state index contributed by atoms with van der Waals surface area (Å²) in [6.07, 6.45) is 1.30. The number of nitrogens with one attached hydrogen (secondary N) is 1. The minimum absolute atomic E-state index is 0.118. The fourth-order valence-corrected chi connectivity index (χ4v) is 5.12. The van der Waals surface area contributed by atoms with E-state index >= 15 is 0 Å². The number of aryl methyl sites for hydroxylation is 2. The van der Waals surface area contributed by atoms with Crippen LogP contribution in [0.15, 0.2) is 88.8 Å². The molecule has 0 unspecified atom stereocenters. The Kier molecular flexibility index (Phi) is 9.74. The van der Waals surface area contributed by atoms with E-state index in [2.05, 4.69) is 24.3 Å². The van der Waals surface area contributed by atoms with Crippen molar-refractivity contribution in [2.24, 2.45) is 5.10 Å². The number of carbonyl (C=O) groups excluding carboxylic acids is 1. The van der Waals surface area contributed by atoms with Crippen LogP contribution in [-0.4, -0.2) is 39.9 Å². The maximum Gasteiger partial charge on any atom is 0.282 e. The van der Waals surface area contributed by atoms with Gasteiger partial charge >= 0.3 is 0 Å². The lowest BCUT2D eigenvalue weighted by molar-refractivity contribution is -0.384. The number of hydrogen-bond acceptors (Lipinski definition) is 8. The molecule has 0 saturated carbocycles. The summed E-state index contributed by atoms with van der Waals surface area (Å²) in [4.78, 5) is 42.6. The van der Waals surface area contributed by atoms with Crippen molar-refractivity contribution in [2.45, 2.75) is 40.5 Å². The number of para-hydroxylation sites is 2. The first-order chi connectivity index (χ1) is 22.6. The van der Waals surface area contributed by atoms with Crippen molar-refractivity contribution >= 4 is 34.4 Å². The molecule has 4 aromatic carbocycles. The minimum Gasteiger partial charge on any atom is -0.494 e. The Balaban J connectivity index is 1.59. The molecule has 0 saturated heterocycles. The standard InChI is InChI=1S/C36H35N5O6/c1-6-46-33-17-24(5)29(19-28(33)22(2)3)35-39-31-14-10-8-12-27(31)36(43)40(35)37-20-25-18-26(41(44)45)15-16-32(25)47-21-34(42)38-30-13-9-7-11-23(30)4/h7-20,22H,6,21H2,1-5H3,(H,38,42). The average Bonchev–Trinajstić information content (AvgIpc) is 3.04. The van der Waals surface area contributed by atoms with Crippen molar-refractivity contribution < 1.29 is 19.2 Å². The van der Waals surface area contributed by atoms with Gasteiger partial charge in [-0.2, -0.15) is 9.78 Å². The summed E-state index contributed by atoms with van der Waals surface area (Å²) in [5.74, 6) is 0.920. The monoisotopic (exact) mass is 633 g/mol. The quantitative estimate of drug-likeness (QED) is 0.0938. The molecule has 0 bridgehead atoms. The molecule has 5 aromatic rings. The van der Waals surface area contributed by atoms with E-state index in [4.69, 9.17) is 14.5 Å². The number of ether oxygens (including phenoxy) is 2. The minimum atomic E-state index is -0.544. The number of fused-ring (bicyclic) bond motifs is 1. The van der Waals surface area contributed by atoms with Crippen LogP contribution in [0.25, 0.3) is 22.3 Å². The van der Waals surface area contributed by atoms with Crippen LogP contribution in [0.4, 0.5) is 11.4 Å². The first-order valence-corrected chi connectivity index (χ1v) is 15.2. The zero-order valence-electron chi connectivity index (χ0n) is 26.8. The highest BCUT2D eigenvalue weighted by Gasteiger charge is 2.19. The zero-order chi connectivity index (χ0) is 33.7. The third-order valence-corrected chi connectivity index (χ3v) is 7.57. The maximum atomic E-state index is 13.9. The molecule has 0 aliphatic heterocycles. The molecule has 11 heteroatoms. The summed E-state index contributed by atoms with van der Waals surface area (Å²) in [6.45, 7) is 9.96. The first kappa shape index (κ1) is 32.6. The van der Waals surface area contributed by atoms with E-state index in [0.29, 0.717) is 28.8 Å². The Labute approximate surface area is 271 Å². The molecule has 0 fully saturated rings. The van der Waals surface area contributed by atoms with Crippen molar-refractivity contribution in [3.8, 4) is 22.9 Å². The van der Waals surface area contributed by atoms with Gasteiger partial charge in [0.2, 0.25) is 0 Å². The first-order valence-electron chi connectivity index (χ1n) is 15.2. The number of nitrogens with zero attached hydrogens (tertiary/aromatic N) is 4. The molecular weight excluding hydrogens is 598 g/mol. The fraction of sp³-hybridized carbons (Fsp3) is 0.222. The Morgan fingerprint density at radius 2 is 1.74 bits per heavy atom. The van der Waals surface area contributed by atoms with Crippen LogP contribution in [-0.2, 0) is 4.79 Å². The number of nitro groups is 1. The molecular formula is C36H35N5O6. The number of amides is 1. The molecule has 1 amide bonds. The van der Waals surface area contributed by atoms with Gasteiger partial charge in [0.25, 0.3) is 17.2 Å². The Morgan fingerprint density at radius 1 is 1.00 bits per heavy atom. The molecule has 240 valence electrons. The smallest absolute Gasteiger partial charge is 0.282 e. The van der Waals surface area contributed by atoms with Crippen LogP contribution in [0.2, 0.25) is 0 Å². The average molecular weight is 634 g/mol. The summed E-state index contributed by atoms with van der Waals surface area (Å²) in [6, 6.07) is 22.1. The molecule has 0 aliphatic carbocycles. The number of aromatic nitrogens is 2. The zero-order valence-corrected chi connectivity index (χ0v) is 26.8. The molecule has 0 spiro atoms. The number of non-ortho nitro benzene ring substituents is 1. The molecule has 11 nitrogen and oxygen atoms in total. The van der Waals surface area contributed by atoms with Gasteiger partial charge in [-0.3, -0.25) is 19.7 Å². The largest absolute Gasteiger partial charge is 0.494 e. The lowest BCUT2D eigenvalue weighted by Crippen LogP contribution is -2.21. The predicted molar refractivity (Wildman–Crippen MR) is 183 cm³/mol. The highest BCUT2D eigenvalue weighted by molar-refractivity contribution is 5.93. The summed E-state index contributed by atoms with van der Waals surface area (Å²) in [5.41, 5.74) is 4.04. The van der Waals surface area contributed by atoms with Gasteiger partial charge in [-0.1, -0.05) is 44.2 Å². The summed E-state index contributed by atoms with van der Waals surface area (Å²) >= 11 is 0. The van der Waals surface area contributed by atoms with Gasteiger partial charge < -0.3 is 14.8 Å². The number of rotatable bonds is 11. The van der Waals surface area contributed by atoms with Gasteiger partial charge in [0.15, 0.2) is 12.4 Å². The molecule has 1 aromatic heterocycles. The lowest BCUT2D eigenvalue weighted by Gasteiger charge is -2.18. The van der Waals surface area contributed by atoms with Gasteiger partial charge in [0.1, 0.15) is 11.5 Å². The third-order valence-electron chi connectivity index (χ3n) is 7.57. The van der Waals surface area contributed by atoms with E-state index in [1.165, 1.54) is 29.1 Å². The Morgan fingerprint density at radius 3 is 2.47 bits per heavy atom. The third kappa shape index (κ3) is 7.19. The van der Waals surface area contributed by atoms with Crippen LogP contribution in [0.1, 0.15) is 48.9 Å². The number of benzene rings is 4. The fourth-order valence-electron chi connectivity index (χ4n) is 5.12. The number of nitro benzene ring substituents is 1. The SMILES string of the molecule is CCOc1cc(C)c(-c2nc3ccccc3c(=O)n2N=Cc2cc([N+](=O)[O-])ccc2OCC(=O)Nc2ccccc2C)cc1C(C)C. The van der Waals surface area contributed by atoms with E-state index < -0.39 is 16.4 Å². The Bertz CT molecular complexity index is 2070. The van der Waals surface area contributed by atoms with Crippen LogP contribution in [0.3, 0.4) is 0 Å². The van der Waals surface area contributed by atoms with Crippen LogP contribution < -0.4 is 20.3 Å². The molecule has 0 aliphatic rings. The van der Waals surface area contributed by atoms with Crippen molar-refractivity contribution in [1.82, 2.24) is 9.66 Å². The van der Waals surface area contributed by atoms with Crippen LogP contribution in [0.5, 0.6) is 11.5 Å². The molecule has 5 rings (SSSR count). The number of anilines is 1. The van der Waals surface area contributed by atoms with Gasteiger partial charge in [-0.15, -0.1) is 0 Å². The Hall–Kier alpha value is -5.84. The second kappa shape index (κ2) is 14.1. The molecule has 0 atom stereocenters. The number of carbonyl (C=O) groups is 1. The summed E-state index contributed by atoms with van der Waals surface area (Å²) in [7, 11) is 0. The highest BCUT2D eigenvalue weighted by atomic mass is 16.6. The van der Waals surface area contributed by atoms with E-state index in [9.17, 15) is 19.7 Å². The van der Waals surface area contributed by atoms with Crippen LogP contribution >= 0.6 is 0 Å². The van der Waals surface area contributed by atoms with Crippen molar-refractivity contribution in [1.29, 1.82) is 0 Å². The lowest BCUT2D eigenvalue weighted by atomic mass is 9.96. The van der Waals surface area contributed by atoms with Crippen molar-refractivity contribution in [2.75, 3.05) is 18.5 Å². The van der Waals surface area contributed by atoms with E-state index in [0.717, 1.165) is 22.4 Å². The molecule has 0 radical (unpaired) electrons. The van der Waals surface area contributed by atoms with Crippen molar-refractivity contribution in [3.63, 3.8) is 0 Å². The van der Waals surface area contributed by atoms with Gasteiger partial charge in [0.05, 0.1) is 28.6 Å². The van der Waals surface area contributed by atoms with Crippen LogP contribution in [0, 0.1) is 24.0 Å². The maximum absolute atomic E-state index is 13.9. The van der Waals surface area contributed by atoms with E-state index in [1.54, 1.807) is 30.3 Å². The van der Waals surface area contributed by atoms with Gasteiger partial charge in [-0.25, -0.2) is 4.98 Å². The highest BCUT2D eigenvalue weighted by Crippen LogP contribution is 2.34. The number of hydrogen-bond donors (Lipinski definition) is 1. The second-order valence-electron chi connectivity index (χ2n) is 11.2. The normalized spacial score (nSPS) is 11.3.